The summed E-state index contributed by atoms with van der Waals surface area (Å²) in [5, 5.41) is 12.2. The first-order valence-electron chi connectivity index (χ1n) is 5.68. The van der Waals surface area contributed by atoms with Crippen molar-refractivity contribution in [1.82, 2.24) is 5.32 Å². The molecule has 0 aromatic heterocycles. The van der Waals surface area contributed by atoms with Crippen LogP contribution in [0, 0.1) is 12.8 Å². The molecule has 16 heavy (non-hydrogen) atoms. The van der Waals surface area contributed by atoms with Crippen molar-refractivity contribution in [2.45, 2.75) is 25.8 Å². The van der Waals surface area contributed by atoms with Crippen LogP contribution < -0.4 is 5.32 Å². The van der Waals surface area contributed by atoms with Crippen molar-refractivity contribution in [3.63, 3.8) is 0 Å². The Morgan fingerprint density at radius 3 is 2.75 bits per heavy atom. The fourth-order valence-corrected chi connectivity index (χ4v) is 2.37. The summed E-state index contributed by atoms with van der Waals surface area (Å²) in [4.78, 5) is 10.8. The van der Waals surface area contributed by atoms with E-state index in [1.54, 1.807) is 0 Å². The van der Waals surface area contributed by atoms with E-state index in [2.05, 4.69) is 36.5 Å². The minimum Gasteiger partial charge on any atom is -0.481 e. The molecule has 3 heteroatoms. The quantitative estimate of drug-likeness (QED) is 0.818. The molecule has 0 amide bonds. The summed E-state index contributed by atoms with van der Waals surface area (Å²) < 4.78 is 0. The standard InChI is InChI=1S/C13H17NO2/c1-9-2-4-10(5-3-9)13-11(6-7-14-13)8-12(15)16/h2-5,11,13-14H,6-8H2,1H3,(H,15,16)/t11-,13-/m1/s1. The number of carbonyl (C=O) groups is 1. The second-order valence-corrected chi connectivity index (χ2v) is 4.49. The summed E-state index contributed by atoms with van der Waals surface area (Å²) in [5.74, 6) is -0.481. The van der Waals surface area contributed by atoms with Gasteiger partial charge in [0, 0.05) is 6.04 Å². The molecule has 0 radical (unpaired) electrons. The Morgan fingerprint density at radius 1 is 1.44 bits per heavy atom. The zero-order valence-corrected chi connectivity index (χ0v) is 9.44. The number of rotatable bonds is 3. The van der Waals surface area contributed by atoms with Crippen molar-refractivity contribution in [3.8, 4) is 0 Å². The maximum absolute atomic E-state index is 10.8. The Bertz CT molecular complexity index is 372. The lowest BCUT2D eigenvalue weighted by Crippen LogP contribution is -2.19. The van der Waals surface area contributed by atoms with E-state index >= 15 is 0 Å². The summed E-state index contributed by atoms with van der Waals surface area (Å²) in [7, 11) is 0. The van der Waals surface area contributed by atoms with E-state index < -0.39 is 5.97 Å². The minimum atomic E-state index is -0.703. The number of benzene rings is 1. The summed E-state index contributed by atoms with van der Waals surface area (Å²) in [6, 6.07) is 8.54. The number of carboxylic acids is 1. The summed E-state index contributed by atoms with van der Waals surface area (Å²) >= 11 is 0. The molecule has 2 N–H and O–H groups in total. The van der Waals surface area contributed by atoms with Gasteiger partial charge >= 0.3 is 5.97 Å². The first kappa shape index (κ1) is 11.1. The third kappa shape index (κ3) is 2.42. The monoisotopic (exact) mass is 219 g/mol. The highest BCUT2D eigenvalue weighted by Gasteiger charge is 2.29. The van der Waals surface area contributed by atoms with Crippen molar-refractivity contribution in [2.75, 3.05) is 6.54 Å². The molecule has 1 aromatic carbocycles. The van der Waals surface area contributed by atoms with E-state index in [9.17, 15) is 4.79 Å². The molecule has 0 unspecified atom stereocenters. The lowest BCUT2D eigenvalue weighted by Gasteiger charge is -2.18. The minimum absolute atomic E-state index is 0.205. The smallest absolute Gasteiger partial charge is 0.303 e. The average Bonchev–Trinajstić information content (AvgIpc) is 2.66. The highest BCUT2D eigenvalue weighted by molar-refractivity contribution is 5.67. The van der Waals surface area contributed by atoms with Crippen molar-refractivity contribution < 1.29 is 9.90 Å². The van der Waals surface area contributed by atoms with Crippen LogP contribution in [0.2, 0.25) is 0 Å². The first-order valence-corrected chi connectivity index (χ1v) is 5.68. The molecule has 2 rings (SSSR count). The summed E-state index contributed by atoms with van der Waals surface area (Å²) in [5.41, 5.74) is 2.44. The molecular formula is C13H17NO2. The second-order valence-electron chi connectivity index (χ2n) is 4.49. The number of hydrogen-bond donors (Lipinski definition) is 2. The zero-order valence-electron chi connectivity index (χ0n) is 9.44. The van der Waals surface area contributed by atoms with E-state index in [1.807, 2.05) is 0 Å². The van der Waals surface area contributed by atoms with Crippen LogP contribution in [0.25, 0.3) is 0 Å². The van der Waals surface area contributed by atoms with Crippen molar-refractivity contribution in [1.29, 1.82) is 0 Å². The zero-order chi connectivity index (χ0) is 11.5. The maximum atomic E-state index is 10.8. The number of hydrogen-bond acceptors (Lipinski definition) is 2. The Hall–Kier alpha value is -1.35. The Labute approximate surface area is 95.5 Å². The van der Waals surface area contributed by atoms with Crippen LogP contribution in [0.3, 0.4) is 0 Å². The van der Waals surface area contributed by atoms with Crippen LogP contribution in [0.1, 0.15) is 30.0 Å². The Kier molecular flexibility index (Phi) is 3.25. The largest absolute Gasteiger partial charge is 0.481 e. The van der Waals surface area contributed by atoms with Gasteiger partial charge in [0.1, 0.15) is 0 Å². The second kappa shape index (κ2) is 4.66. The molecule has 3 nitrogen and oxygen atoms in total. The van der Waals surface area contributed by atoms with Crippen molar-refractivity contribution in [3.05, 3.63) is 35.4 Å². The van der Waals surface area contributed by atoms with Gasteiger partial charge in [-0.3, -0.25) is 4.79 Å². The van der Waals surface area contributed by atoms with Gasteiger partial charge in [0.25, 0.3) is 0 Å². The van der Waals surface area contributed by atoms with E-state index in [1.165, 1.54) is 11.1 Å². The molecule has 0 bridgehead atoms. The Balaban J connectivity index is 2.13. The van der Waals surface area contributed by atoms with Crippen LogP contribution in [0.15, 0.2) is 24.3 Å². The summed E-state index contributed by atoms with van der Waals surface area (Å²) in [6.07, 6.45) is 1.20. The molecule has 1 heterocycles. The molecular weight excluding hydrogens is 202 g/mol. The number of aryl methyl sites for hydroxylation is 1. The lowest BCUT2D eigenvalue weighted by atomic mass is 9.91. The van der Waals surface area contributed by atoms with Crippen LogP contribution in [0.5, 0.6) is 0 Å². The van der Waals surface area contributed by atoms with Gasteiger partial charge in [-0.15, -0.1) is 0 Å². The molecule has 0 aliphatic carbocycles. The molecule has 1 aromatic rings. The third-order valence-corrected chi connectivity index (χ3v) is 3.22. The first-order chi connectivity index (χ1) is 7.66. The van der Waals surface area contributed by atoms with E-state index in [0.29, 0.717) is 0 Å². The highest BCUT2D eigenvalue weighted by atomic mass is 16.4. The van der Waals surface area contributed by atoms with E-state index in [-0.39, 0.29) is 18.4 Å². The van der Waals surface area contributed by atoms with Gasteiger partial charge in [0.05, 0.1) is 6.42 Å². The predicted molar refractivity (Wildman–Crippen MR) is 62.3 cm³/mol. The van der Waals surface area contributed by atoms with Gasteiger partial charge < -0.3 is 10.4 Å². The molecule has 1 fully saturated rings. The molecule has 1 saturated heterocycles. The van der Waals surface area contributed by atoms with Gasteiger partial charge in [-0.2, -0.15) is 0 Å². The molecule has 1 aliphatic heterocycles. The average molecular weight is 219 g/mol. The van der Waals surface area contributed by atoms with Gasteiger partial charge in [0.15, 0.2) is 0 Å². The molecule has 2 atom stereocenters. The SMILES string of the molecule is Cc1ccc([C@H]2NCC[C@@H]2CC(=O)O)cc1. The molecule has 0 saturated carbocycles. The lowest BCUT2D eigenvalue weighted by molar-refractivity contribution is -0.138. The van der Waals surface area contributed by atoms with Crippen LogP contribution in [-0.2, 0) is 4.79 Å². The third-order valence-electron chi connectivity index (χ3n) is 3.22. The van der Waals surface area contributed by atoms with E-state index in [4.69, 9.17) is 5.11 Å². The van der Waals surface area contributed by atoms with Gasteiger partial charge in [0.2, 0.25) is 0 Å². The highest BCUT2D eigenvalue weighted by Crippen LogP contribution is 2.31. The predicted octanol–water partition coefficient (Wildman–Crippen LogP) is 2.12. The van der Waals surface area contributed by atoms with E-state index in [0.717, 1.165) is 13.0 Å². The van der Waals surface area contributed by atoms with Gasteiger partial charge in [-0.1, -0.05) is 29.8 Å². The Morgan fingerprint density at radius 2 is 2.12 bits per heavy atom. The van der Waals surface area contributed by atoms with Gasteiger partial charge in [-0.25, -0.2) is 0 Å². The molecule has 1 aliphatic rings. The van der Waals surface area contributed by atoms with Crippen molar-refractivity contribution >= 4 is 5.97 Å². The van der Waals surface area contributed by atoms with Crippen LogP contribution in [0.4, 0.5) is 0 Å². The molecule has 0 spiro atoms. The number of aliphatic carboxylic acids is 1. The molecule has 86 valence electrons. The number of carboxylic acid groups (broad SMARTS) is 1. The number of nitrogens with one attached hydrogen (secondary N) is 1. The van der Waals surface area contributed by atoms with Gasteiger partial charge in [-0.05, 0) is 31.4 Å². The van der Waals surface area contributed by atoms with Crippen LogP contribution >= 0.6 is 0 Å². The van der Waals surface area contributed by atoms with Crippen LogP contribution in [-0.4, -0.2) is 17.6 Å². The topological polar surface area (TPSA) is 49.3 Å². The van der Waals surface area contributed by atoms with Crippen molar-refractivity contribution in [2.24, 2.45) is 5.92 Å². The fraction of sp³-hybridized carbons (Fsp3) is 0.462. The summed E-state index contributed by atoms with van der Waals surface area (Å²) in [6.45, 7) is 2.97. The maximum Gasteiger partial charge on any atom is 0.303 e. The fourth-order valence-electron chi connectivity index (χ4n) is 2.37. The normalized spacial score (nSPS) is 24.6.